The van der Waals surface area contributed by atoms with Gasteiger partial charge >= 0.3 is 6.18 Å². The molecular formula is C25H28F3N3S. The Morgan fingerprint density at radius 3 is 2.47 bits per heavy atom. The van der Waals surface area contributed by atoms with Crippen LogP contribution < -0.4 is 10.2 Å². The molecule has 7 heteroatoms. The first-order valence-corrected chi connectivity index (χ1v) is 12.1. The summed E-state index contributed by atoms with van der Waals surface area (Å²) in [5.74, 6) is 0.946. The van der Waals surface area contributed by atoms with Crippen LogP contribution >= 0.6 is 11.8 Å². The minimum atomic E-state index is -4.34. The van der Waals surface area contributed by atoms with Crippen LogP contribution in [0.25, 0.3) is 10.9 Å². The van der Waals surface area contributed by atoms with Crippen LogP contribution in [0.3, 0.4) is 0 Å². The Bertz CT molecular complexity index is 1020. The van der Waals surface area contributed by atoms with E-state index in [4.69, 9.17) is 0 Å². The number of benzene rings is 2. The number of aryl methyl sites for hydroxylation is 1. The summed E-state index contributed by atoms with van der Waals surface area (Å²) in [5, 5.41) is 4.17. The number of alkyl halides is 3. The molecule has 0 atom stereocenters. The van der Waals surface area contributed by atoms with E-state index in [2.05, 4.69) is 39.5 Å². The zero-order valence-electron chi connectivity index (χ0n) is 18.0. The van der Waals surface area contributed by atoms with Gasteiger partial charge in [-0.1, -0.05) is 24.6 Å². The molecule has 4 rings (SSSR count). The van der Waals surface area contributed by atoms with E-state index >= 15 is 0 Å². The highest BCUT2D eigenvalue weighted by Gasteiger charge is 2.30. The van der Waals surface area contributed by atoms with Crippen LogP contribution in [0, 0.1) is 0 Å². The van der Waals surface area contributed by atoms with E-state index in [1.54, 1.807) is 18.0 Å². The summed E-state index contributed by atoms with van der Waals surface area (Å²) < 4.78 is 38.8. The van der Waals surface area contributed by atoms with Crippen LogP contribution in [-0.2, 0) is 12.6 Å². The number of nitrogens with zero attached hydrogens (tertiary/aromatic N) is 2. The minimum absolute atomic E-state index is 0.397. The summed E-state index contributed by atoms with van der Waals surface area (Å²) in [6, 6.07) is 14.6. The van der Waals surface area contributed by atoms with Gasteiger partial charge in [0.05, 0.1) is 11.1 Å². The van der Waals surface area contributed by atoms with Crippen LogP contribution in [0.2, 0.25) is 0 Å². The van der Waals surface area contributed by atoms with Gasteiger partial charge in [-0.2, -0.15) is 13.2 Å². The van der Waals surface area contributed by atoms with Crippen LogP contribution in [0.1, 0.15) is 30.4 Å². The molecule has 2 aromatic carbocycles. The number of anilines is 1. The van der Waals surface area contributed by atoms with Crippen molar-refractivity contribution in [3.8, 4) is 0 Å². The quantitative estimate of drug-likeness (QED) is 0.322. The topological polar surface area (TPSA) is 28.2 Å². The molecule has 0 aliphatic carbocycles. The van der Waals surface area contributed by atoms with Gasteiger partial charge < -0.3 is 10.2 Å². The van der Waals surface area contributed by atoms with Crippen molar-refractivity contribution < 1.29 is 13.2 Å². The molecule has 1 N–H and O–H groups in total. The second-order valence-electron chi connectivity index (χ2n) is 8.10. The predicted molar refractivity (Wildman–Crippen MR) is 127 cm³/mol. The van der Waals surface area contributed by atoms with Crippen molar-refractivity contribution in [1.82, 2.24) is 10.3 Å². The van der Waals surface area contributed by atoms with Crippen molar-refractivity contribution in [2.45, 2.75) is 36.8 Å². The fraction of sp³-hybridized carbons (Fsp3) is 0.400. The molecule has 0 spiro atoms. The van der Waals surface area contributed by atoms with Gasteiger partial charge in [-0.05, 0) is 60.9 Å². The second kappa shape index (κ2) is 10.6. The molecule has 0 amide bonds. The predicted octanol–water partition coefficient (Wildman–Crippen LogP) is 6.17. The highest BCUT2D eigenvalue weighted by molar-refractivity contribution is 7.99. The highest BCUT2D eigenvalue weighted by atomic mass is 32.2. The van der Waals surface area contributed by atoms with Crippen molar-refractivity contribution in [1.29, 1.82) is 0 Å². The molecule has 3 nitrogen and oxygen atoms in total. The van der Waals surface area contributed by atoms with Crippen molar-refractivity contribution in [2.75, 3.05) is 36.8 Å². The molecule has 3 aromatic rings. The zero-order valence-corrected chi connectivity index (χ0v) is 18.8. The molecule has 1 aliphatic rings. The lowest BCUT2D eigenvalue weighted by Crippen LogP contribution is -2.43. The molecule has 2 heterocycles. The standard InChI is InChI=1S/C25H28F3N3S/c26-25(27,28)20-7-10-22-23(18-20)30-12-11-24(22)32-17-3-1-2-4-19-5-8-21(9-6-19)31-15-13-29-14-16-31/h5-12,18,29H,1-4,13-17H2. The maximum absolute atomic E-state index is 12.9. The minimum Gasteiger partial charge on any atom is -0.369 e. The Balaban J connectivity index is 1.21. The molecule has 1 fully saturated rings. The van der Waals surface area contributed by atoms with Crippen LogP contribution in [0.15, 0.2) is 59.6 Å². The number of nitrogens with one attached hydrogen (secondary N) is 1. The Morgan fingerprint density at radius 1 is 0.938 bits per heavy atom. The zero-order chi connectivity index (χ0) is 22.4. The molecule has 0 unspecified atom stereocenters. The molecule has 32 heavy (non-hydrogen) atoms. The van der Waals surface area contributed by atoms with E-state index < -0.39 is 11.7 Å². The number of unbranched alkanes of at least 4 members (excludes halogenated alkanes) is 2. The number of aromatic nitrogens is 1. The molecule has 0 saturated carbocycles. The average molecular weight is 460 g/mol. The molecule has 0 radical (unpaired) electrons. The van der Waals surface area contributed by atoms with Crippen LogP contribution in [-0.4, -0.2) is 36.9 Å². The lowest BCUT2D eigenvalue weighted by atomic mass is 10.1. The van der Waals surface area contributed by atoms with Crippen molar-refractivity contribution in [3.05, 3.63) is 65.9 Å². The SMILES string of the molecule is FC(F)(F)c1ccc2c(SCCCCCc3ccc(N4CCNCC4)cc3)ccnc2c1. The number of hydrogen-bond acceptors (Lipinski definition) is 4. The summed E-state index contributed by atoms with van der Waals surface area (Å²) >= 11 is 1.70. The highest BCUT2D eigenvalue weighted by Crippen LogP contribution is 2.34. The normalized spacial score (nSPS) is 14.8. The smallest absolute Gasteiger partial charge is 0.369 e. The van der Waals surface area contributed by atoms with E-state index in [1.807, 2.05) is 6.07 Å². The summed E-state index contributed by atoms with van der Waals surface area (Å²) in [6.07, 6.45) is 1.67. The van der Waals surface area contributed by atoms with Gasteiger partial charge in [0.1, 0.15) is 0 Å². The lowest BCUT2D eigenvalue weighted by molar-refractivity contribution is -0.137. The van der Waals surface area contributed by atoms with Gasteiger partial charge in [0, 0.05) is 48.3 Å². The molecule has 1 aromatic heterocycles. The van der Waals surface area contributed by atoms with Crippen molar-refractivity contribution >= 4 is 28.4 Å². The second-order valence-corrected chi connectivity index (χ2v) is 9.24. The number of halogens is 3. The molecule has 1 aliphatic heterocycles. The lowest BCUT2D eigenvalue weighted by Gasteiger charge is -2.29. The van der Waals surface area contributed by atoms with Gasteiger partial charge in [-0.15, -0.1) is 11.8 Å². The number of thioether (sulfide) groups is 1. The first kappa shape index (κ1) is 22.9. The van der Waals surface area contributed by atoms with Gasteiger partial charge in [-0.25, -0.2) is 0 Å². The Hall–Kier alpha value is -2.25. The van der Waals surface area contributed by atoms with Crippen LogP contribution in [0.4, 0.5) is 18.9 Å². The Labute approximate surface area is 191 Å². The first-order chi connectivity index (χ1) is 15.5. The fourth-order valence-corrected chi connectivity index (χ4v) is 5.06. The average Bonchev–Trinajstić information content (AvgIpc) is 2.81. The van der Waals surface area contributed by atoms with Gasteiger partial charge in [0.2, 0.25) is 0 Å². The molecular weight excluding hydrogens is 431 g/mol. The maximum Gasteiger partial charge on any atom is 0.416 e. The largest absolute Gasteiger partial charge is 0.416 e. The molecule has 0 bridgehead atoms. The van der Waals surface area contributed by atoms with Crippen molar-refractivity contribution in [3.63, 3.8) is 0 Å². The third kappa shape index (κ3) is 5.95. The van der Waals surface area contributed by atoms with E-state index in [1.165, 1.54) is 17.3 Å². The number of piperazine rings is 1. The molecule has 1 saturated heterocycles. The fourth-order valence-electron chi connectivity index (χ4n) is 4.01. The first-order valence-electron chi connectivity index (χ1n) is 11.1. The monoisotopic (exact) mass is 459 g/mol. The third-order valence-electron chi connectivity index (χ3n) is 5.82. The summed E-state index contributed by atoms with van der Waals surface area (Å²) in [7, 11) is 0. The summed E-state index contributed by atoms with van der Waals surface area (Å²) in [5.41, 5.74) is 2.42. The summed E-state index contributed by atoms with van der Waals surface area (Å²) in [4.78, 5) is 7.54. The number of fused-ring (bicyclic) bond motifs is 1. The van der Waals surface area contributed by atoms with Crippen molar-refractivity contribution in [2.24, 2.45) is 0 Å². The summed E-state index contributed by atoms with van der Waals surface area (Å²) in [6.45, 7) is 4.22. The van der Waals surface area contributed by atoms with Crippen LogP contribution in [0.5, 0.6) is 0 Å². The molecule has 170 valence electrons. The number of pyridine rings is 1. The van der Waals surface area contributed by atoms with E-state index in [9.17, 15) is 13.2 Å². The van der Waals surface area contributed by atoms with E-state index in [0.717, 1.165) is 80.0 Å². The maximum atomic E-state index is 12.9. The van der Waals surface area contributed by atoms with E-state index in [-0.39, 0.29) is 0 Å². The Kier molecular flexibility index (Phi) is 7.58. The Morgan fingerprint density at radius 2 is 1.72 bits per heavy atom. The number of rotatable bonds is 8. The number of hydrogen-bond donors (Lipinski definition) is 1. The van der Waals surface area contributed by atoms with Gasteiger partial charge in [0.25, 0.3) is 0 Å². The van der Waals surface area contributed by atoms with Gasteiger partial charge in [0.15, 0.2) is 0 Å². The third-order valence-corrected chi connectivity index (χ3v) is 6.98. The van der Waals surface area contributed by atoms with Gasteiger partial charge in [-0.3, -0.25) is 4.98 Å². The van der Waals surface area contributed by atoms with E-state index in [0.29, 0.717) is 5.52 Å².